The van der Waals surface area contributed by atoms with Crippen molar-refractivity contribution >= 4 is 32.8 Å². The van der Waals surface area contributed by atoms with Crippen LogP contribution in [0.3, 0.4) is 0 Å². The third kappa shape index (κ3) is 7.24. The van der Waals surface area contributed by atoms with Gasteiger partial charge in [0, 0.05) is 25.0 Å². The van der Waals surface area contributed by atoms with E-state index in [-0.39, 0.29) is 68.8 Å². The van der Waals surface area contributed by atoms with Gasteiger partial charge in [0.05, 0.1) is 28.6 Å². The van der Waals surface area contributed by atoms with Crippen LogP contribution in [0.1, 0.15) is 59.9 Å². The van der Waals surface area contributed by atoms with Gasteiger partial charge in [0.25, 0.3) is 0 Å². The molecular weight excluding hydrogens is 633 g/mol. The van der Waals surface area contributed by atoms with E-state index >= 15 is 0 Å². The van der Waals surface area contributed by atoms with E-state index < -0.39 is 27.7 Å². The third-order valence-electron chi connectivity index (χ3n) is 8.68. The van der Waals surface area contributed by atoms with Crippen LogP contribution in [0.15, 0.2) is 70.9 Å². The minimum Gasteiger partial charge on any atom is -0.457 e. The zero-order valence-corrected chi connectivity index (χ0v) is 28.3. The molecule has 3 aromatic rings. The van der Waals surface area contributed by atoms with Crippen molar-refractivity contribution in [1.82, 2.24) is 19.5 Å². The maximum atomic E-state index is 12.8. The molecule has 1 fully saturated rings. The summed E-state index contributed by atoms with van der Waals surface area (Å²) in [5, 5.41) is 0. The molecule has 0 bridgehead atoms. The summed E-state index contributed by atoms with van der Waals surface area (Å²) in [6, 6.07) is 3.76. The number of Topliss-reactive ketones (excluding diaryl/α,β-unsaturated/α-hetero) is 1. The van der Waals surface area contributed by atoms with E-state index in [1.54, 1.807) is 13.1 Å². The second kappa shape index (κ2) is 13.2. The molecule has 3 atom stereocenters. The number of halogens is 3. The Labute approximate surface area is 272 Å². The predicted octanol–water partition coefficient (Wildman–Crippen LogP) is 6.84. The lowest BCUT2D eigenvalue weighted by Gasteiger charge is -2.13. The number of alkyl halides is 3. The smallest absolute Gasteiger partial charge is 0.417 e. The van der Waals surface area contributed by atoms with Crippen molar-refractivity contribution in [1.29, 1.82) is 0 Å². The molecule has 0 radical (unpaired) electrons. The van der Waals surface area contributed by atoms with Gasteiger partial charge in [-0.25, -0.2) is 18.4 Å². The molecule has 47 heavy (non-hydrogen) atoms. The van der Waals surface area contributed by atoms with Crippen molar-refractivity contribution in [3.63, 3.8) is 0 Å². The minimum atomic E-state index is -4.54. The number of carbonyl (C=O) groups is 2. The molecule has 0 saturated heterocycles. The Hall–Kier alpha value is -4.13. The van der Waals surface area contributed by atoms with Crippen molar-refractivity contribution < 1.29 is 35.9 Å². The average molecular weight is 673 g/mol. The van der Waals surface area contributed by atoms with Gasteiger partial charge in [-0.3, -0.25) is 14.6 Å². The zero-order chi connectivity index (χ0) is 35.1. The first kappa shape index (κ1) is 35.7. The summed E-state index contributed by atoms with van der Waals surface area (Å²) in [5.41, 5.74) is 2.17. The van der Waals surface area contributed by atoms with E-state index in [9.17, 15) is 31.2 Å². The second-order valence-electron chi connectivity index (χ2n) is 12.6. The number of fused-ring (bicyclic) bond motifs is 1. The van der Waals surface area contributed by atoms with E-state index in [0.717, 1.165) is 23.4 Å². The number of rotatable bonds is 8. The summed E-state index contributed by atoms with van der Waals surface area (Å²) in [5.74, 6) is 0.0318. The molecule has 0 amide bonds. The molecule has 3 aromatic heterocycles. The number of ketones is 1. The number of ether oxygens (including phenoxy) is 1. The number of hydrogen-bond donors (Lipinski definition) is 0. The number of aryl methyl sites for hydroxylation is 1. The molecule has 13 heteroatoms. The Bertz CT molecular complexity index is 1900. The van der Waals surface area contributed by atoms with Crippen molar-refractivity contribution in [2.24, 2.45) is 24.3 Å². The van der Waals surface area contributed by atoms with Gasteiger partial charge >= 0.3 is 12.1 Å². The highest BCUT2D eigenvalue weighted by atomic mass is 32.2. The fraction of sp³-hybridized carbons (Fsp3) is 0.441. The van der Waals surface area contributed by atoms with Crippen LogP contribution in [0.4, 0.5) is 13.2 Å². The highest BCUT2D eigenvalue weighted by molar-refractivity contribution is 7.91. The molecule has 0 aromatic carbocycles. The van der Waals surface area contributed by atoms with Gasteiger partial charge in [0.15, 0.2) is 27.1 Å². The molecule has 0 aliphatic heterocycles. The lowest BCUT2D eigenvalue weighted by molar-refractivity contribution is -0.150. The Kier molecular flexibility index (Phi) is 10.0. The molecule has 0 N–H and O–H groups in total. The summed E-state index contributed by atoms with van der Waals surface area (Å²) >= 11 is 0. The monoisotopic (exact) mass is 672 g/mol. The van der Waals surface area contributed by atoms with Crippen molar-refractivity contribution in [2.45, 2.75) is 71.6 Å². The number of esters is 1. The molecule has 2 aliphatic carbocycles. The highest BCUT2D eigenvalue weighted by Gasteiger charge is 2.61. The number of imidazole rings is 1. The van der Waals surface area contributed by atoms with E-state index in [0.29, 0.717) is 6.42 Å². The van der Waals surface area contributed by atoms with Gasteiger partial charge in [-0.2, -0.15) is 13.2 Å². The quantitative estimate of drug-likeness (QED) is 0.188. The van der Waals surface area contributed by atoms with E-state index in [4.69, 9.17) is 4.74 Å². The standard InChI is InChI=1S/C19H26O3.C15H13F3N4O2S/c1-7-8-13-12(4)16(10-15(13)20)22-18(21)17-14(9-11(2)3)19(17,5)6;1-3-25(23,24)11-5-4-6-19-12(11)14-21-10-7-9(15(16,17)18)8-20-13(10)22(14)2/h7,9,14,16-17H,1,8,10H2,2-6H3;4-8H,3H2,1-2H3. The van der Waals surface area contributed by atoms with Crippen LogP contribution < -0.4 is 0 Å². The number of allylic oxidation sites excluding steroid dienone is 4. The highest BCUT2D eigenvalue weighted by Crippen LogP contribution is 2.60. The molecule has 3 unspecified atom stereocenters. The summed E-state index contributed by atoms with van der Waals surface area (Å²) in [4.78, 5) is 36.5. The summed E-state index contributed by atoms with van der Waals surface area (Å²) in [7, 11) is -2.04. The van der Waals surface area contributed by atoms with Crippen LogP contribution in [0.2, 0.25) is 0 Å². The van der Waals surface area contributed by atoms with Crippen molar-refractivity contribution in [2.75, 3.05) is 5.75 Å². The zero-order valence-electron chi connectivity index (χ0n) is 27.5. The lowest BCUT2D eigenvalue weighted by Crippen LogP contribution is -2.20. The fourth-order valence-electron chi connectivity index (χ4n) is 5.83. The lowest BCUT2D eigenvalue weighted by atomic mass is 10.1. The molecule has 2 aliphatic rings. The Morgan fingerprint density at radius 1 is 1.23 bits per heavy atom. The SMILES string of the molecule is C=CCC1=C(C)C(OC(=O)C2C(C=C(C)C)C2(C)C)CC1=O.CCS(=O)(=O)c1cccnc1-c1nc2cc(C(F)(F)F)cnc2n1C. The number of pyridine rings is 2. The number of sulfone groups is 1. The van der Waals surface area contributed by atoms with Gasteiger partial charge in [0.1, 0.15) is 17.3 Å². The number of hydrogen-bond acceptors (Lipinski definition) is 8. The van der Waals surface area contributed by atoms with Crippen LogP contribution in [0.25, 0.3) is 22.7 Å². The second-order valence-corrected chi connectivity index (χ2v) is 14.8. The fourth-order valence-corrected chi connectivity index (χ4v) is 6.86. The van der Waals surface area contributed by atoms with Crippen LogP contribution in [-0.2, 0) is 37.4 Å². The average Bonchev–Trinajstić information content (AvgIpc) is 3.22. The molecule has 5 rings (SSSR count). The Morgan fingerprint density at radius 3 is 2.51 bits per heavy atom. The van der Waals surface area contributed by atoms with Crippen LogP contribution >= 0.6 is 0 Å². The van der Waals surface area contributed by atoms with Gasteiger partial charge in [0.2, 0.25) is 0 Å². The summed E-state index contributed by atoms with van der Waals surface area (Å²) < 4.78 is 70.2. The largest absolute Gasteiger partial charge is 0.457 e. The molecule has 9 nitrogen and oxygen atoms in total. The topological polar surface area (TPSA) is 121 Å². The van der Waals surface area contributed by atoms with Crippen LogP contribution in [0.5, 0.6) is 0 Å². The maximum absolute atomic E-state index is 12.8. The first-order valence-corrected chi connectivity index (χ1v) is 16.8. The molecule has 1 saturated carbocycles. The van der Waals surface area contributed by atoms with Gasteiger partial charge < -0.3 is 9.30 Å². The first-order valence-electron chi connectivity index (χ1n) is 15.1. The van der Waals surface area contributed by atoms with Gasteiger partial charge in [-0.1, -0.05) is 38.5 Å². The van der Waals surface area contributed by atoms with Crippen molar-refractivity contribution in [3.05, 3.63) is 71.6 Å². The predicted molar refractivity (Wildman–Crippen MR) is 172 cm³/mol. The van der Waals surface area contributed by atoms with E-state index in [1.807, 2.05) is 20.8 Å². The molecule has 0 spiro atoms. The number of nitrogens with zero attached hydrogens (tertiary/aromatic N) is 4. The van der Waals surface area contributed by atoms with Gasteiger partial charge in [-0.15, -0.1) is 6.58 Å². The molecule has 3 heterocycles. The number of aromatic nitrogens is 4. The number of carbonyl (C=O) groups excluding carboxylic acids is 2. The van der Waals surface area contributed by atoms with E-state index in [1.165, 1.54) is 35.4 Å². The normalized spacial score (nSPS) is 20.5. The van der Waals surface area contributed by atoms with Crippen LogP contribution in [-0.4, -0.2) is 51.5 Å². The van der Waals surface area contributed by atoms with E-state index in [2.05, 4.69) is 41.5 Å². The summed E-state index contributed by atoms with van der Waals surface area (Å²) in [6.07, 6.45) is 1.88. The summed E-state index contributed by atoms with van der Waals surface area (Å²) in [6.45, 7) is 15.3. The maximum Gasteiger partial charge on any atom is 0.417 e. The minimum absolute atomic E-state index is 0.0119. The Balaban J connectivity index is 0.000000215. The van der Waals surface area contributed by atoms with Crippen molar-refractivity contribution in [3.8, 4) is 11.5 Å². The Morgan fingerprint density at radius 2 is 1.91 bits per heavy atom. The van der Waals surface area contributed by atoms with Gasteiger partial charge in [-0.05, 0) is 62.3 Å². The molecular formula is C34H39F3N4O5S. The first-order chi connectivity index (χ1) is 21.8. The van der Waals surface area contributed by atoms with Crippen LogP contribution in [0, 0.1) is 17.3 Å². The third-order valence-corrected chi connectivity index (χ3v) is 10.4. The molecule has 252 valence electrons.